The molecule has 0 aliphatic carbocycles. The fraction of sp³-hybridized carbons (Fsp3) is 0.529. The number of benzene rings is 1. The van der Waals surface area contributed by atoms with Crippen molar-refractivity contribution in [2.75, 3.05) is 6.61 Å². The van der Waals surface area contributed by atoms with E-state index in [0.29, 0.717) is 29.7 Å². The van der Waals surface area contributed by atoms with Crippen LogP contribution in [0.15, 0.2) is 18.2 Å². The van der Waals surface area contributed by atoms with Gasteiger partial charge in [0.05, 0.1) is 30.3 Å². The molecule has 122 valence electrons. The van der Waals surface area contributed by atoms with Crippen LogP contribution < -0.4 is 4.74 Å². The van der Waals surface area contributed by atoms with Gasteiger partial charge in [-0.25, -0.2) is 0 Å². The number of carbonyl (C=O) groups excluding carboxylic acids is 1. The Morgan fingerprint density at radius 1 is 1.48 bits per heavy atom. The number of likely N-dealkylation sites (tertiary alicyclic amines) is 1. The molecular formula is C17H20N2O4. The molecule has 3 atom stereocenters. The van der Waals surface area contributed by atoms with Crippen molar-refractivity contribution < 1.29 is 19.7 Å². The summed E-state index contributed by atoms with van der Waals surface area (Å²) < 4.78 is 5.87. The zero-order chi connectivity index (χ0) is 16.8. The molecule has 0 bridgehead atoms. The van der Waals surface area contributed by atoms with Crippen molar-refractivity contribution in [1.29, 1.82) is 5.26 Å². The summed E-state index contributed by atoms with van der Waals surface area (Å²) in [6.07, 6.45) is -0.0455. The minimum atomic E-state index is -0.958. The van der Waals surface area contributed by atoms with Gasteiger partial charge in [-0.15, -0.1) is 0 Å². The van der Waals surface area contributed by atoms with Gasteiger partial charge in [0.2, 0.25) is 5.91 Å². The maximum atomic E-state index is 12.4. The molecule has 0 unspecified atom stereocenters. The van der Waals surface area contributed by atoms with E-state index in [0.717, 1.165) is 0 Å². The smallest absolute Gasteiger partial charge is 0.223 e. The maximum absolute atomic E-state index is 12.4. The minimum absolute atomic E-state index is 0.0980. The molecule has 0 spiro atoms. The number of aliphatic hydroxyl groups is 2. The van der Waals surface area contributed by atoms with Crippen molar-refractivity contribution >= 4 is 5.91 Å². The summed E-state index contributed by atoms with van der Waals surface area (Å²) in [5, 5.41) is 29.5. The third-order valence-electron chi connectivity index (χ3n) is 4.73. The highest BCUT2D eigenvalue weighted by Gasteiger charge is 2.49. The SMILES string of the molecule is CC1(C)Oc2ccc(C#N)cc2[C@@H](N2C(=O)CC[C@H]2CO)[C@@H]1O. The van der Waals surface area contributed by atoms with E-state index in [4.69, 9.17) is 10.00 Å². The van der Waals surface area contributed by atoms with Gasteiger partial charge in [0.25, 0.3) is 0 Å². The molecule has 0 aromatic heterocycles. The van der Waals surface area contributed by atoms with Crippen LogP contribution in [-0.2, 0) is 4.79 Å². The summed E-state index contributed by atoms with van der Waals surface area (Å²) in [4.78, 5) is 13.9. The first-order valence-electron chi connectivity index (χ1n) is 7.72. The van der Waals surface area contributed by atoms with Crippen molar-refractivity contribution in [2.45, 2.75) is 50.5 Å². The lowest BCUT2D eigenvalue weighted by atomic mass is 9.84. The molecule has 0 radical (unpaired) electrons. The van der Waals surface area contributed by atoms with Gasteiger partial charge in [-0.05, 0) is 38.5 Å². The van der Waals surface area contributed by atoms with Crippen LogP contribution >= 0.6 is 0 Å². The Kier molecular flexibility index (Phi) is 3.78. The monoisotopic (exact) mass is 316 g/mol. The van der Waals surface area contributed by atoms with Crippen LogP contribution in [0.25, 0.3) is 0 Å². The van der Waals surface area contributed by atoms with Crippen LogP contribution in [0, 0.1) is 11.3 Å². The van der Waals surface area contributed by atoms with E-state index in [9.17, 15) is 15.0 Å². The van der Waals surface area contributed by atoms with Crippen LogP contribution in [0.5, 0.6) is 5.75 Å². The molecule has 2 aliphatic heterocycles. The number of hydrogen-bond acceptors (Lipinski definition) is 5. The fourth-order valence-corrected chi connectivity index (χ4v) is 3.46. The predicted octanol–water partition coefficient (Wildman–Crippen LogP) is 1.11. The third-order valence-corrected chi connectivity index (χ3v) is 4.73. The average molecular weight is 316 g/mol. The summed E-state index contributed by atoms with van der Waals surface area (Å²) >= 11 is 0. The predicted molar refractivity (Wildman–Crippen MR) is 81.6 cm³/mol. The van der Waals surface area contributed by atoms with Crippen LogP contribution in [-0.4, -0.2) is 45.4 Å². The largest absolute Gasteiger partial charge is 0.485 e. The van der Waals surface area contributed by atoms with Crippen LogP contribution in [0.4, 0.5) is 0 Å². The second-order valence-electron chi connectivity index (χ2n) is 6.64. The molecule has 3 rings (SSSR count). The molecule has 6 nitrogen and oxygen atoms in total. The highest BCUT2D eigenvalue weighted by Crippen LogP contribution is 2.45. The molecular weight excluding hydrogens is 296 g/mol. The standard InChI is InChI=1S/C17H20N2O4/c1-17(2)16(22)15(19-11(9-20)4-6-14(19)21)12-7-10(8-18)3-5-13(12)23-17/h3,5,7,11,15-16,20,22H,4,6,9H2,1-2H3/t11-,15+,16-/m0/s1. The molecule has 1 fully saturated rings. The Morgan fingerprint density at radius 2 is 2.22 bits per heavy atom. The lowest BCUT2D eigenvalue weighted by Gasteiger charge is -2.46. The Balaban J connectivity index is 2.14. The molecule has 2 aliphatic rings. The summed E-state index contributed by atoms with van der Waals surface area (Å²) in [6, 6.07) is 6.12. The number of aliphatic hydroxyl groups excluding tert-OH is 2. The van der Waals surface area contributed by atoms with Gasteiger partial charge in [0.1, 0.15) is 17.5 Å². The number of hydrogen-bond donors (Lipinski definition) is 2. The first-order valence-corrected chi connectivity index (χ1v) is 7.72. The summed E-state index contributed by atoms with van der Waals surface area (Å²) in [6.45, 7) is 3.38. The van der Waals surface area contributed by atoms with Gasteiger partial charge < -0.3 is 19.8 Å². The van der Waals surface area contributed by atoms with Crippen molar-refractivity contribution in [3.8, 4) is 11.8 Å². The Labute approximate surface area is 134 Å². The van der Waals surface area contributed by atoms with Gasteiger partial charge in [0.15, 0.2) is 0 Å². The van der Waals surface area contributed by atoms with E-state index < -0.39 is 17.7 Å². The Morgan fingerprint density at radius 3 is 2.87 bits per heavy atom. The number of ether oxygens (including phenoxy) is 1. The molecule has 23 heavy (non-hydrogen) atoms. The highest BCUT2D eigenvalue weighted by atomic mass is 16.5. The summed E-state index contributed by atoms with van der Waals surface area (Å²) in [5.41, 5.74) is 0.176. The summed E-state index contributed by atoms with van der Waals surface area (Å²) in [5.74, 6) is 0.458. The van der Waals surface area contributed by atoms with Gasteiger partial charge >= 0.3 is 0 Å². The lowest BCUT2D eigenvalue weighted by Crippen LogP contribution is -2.55. The number of amides is 1. The minimum Gasteiger partial charge on any atom is -0.485 e. The molecule has 1 saturated heterocycles. The maximum Gasteiger partial charge on any atom is 0.223 e. The van der Waals surface area contributed by atoms with E-state index >= 15 is 0 Å². The Bertz CT molecular complexity index is 680. The van der Waals surface area contributed by atoms with Crippen molar-refractivity contribution in [3.05, 3.63) is 29.3 Å². The molecule has 2 N–H and O–H groups in total. The van der Waals surface area contributed by atoms with Crippen LogP contribution in [0.3, 0.4) is 0 Å². The quantitative estimate of drug-likeness (QED) is 0.852. The molecule has 6 heteroatoms. The zero-order valence-corrected chi connectivity index (χ0v) is 13.2. The molecule has 1 aromatic carbocycles. The van der Waals surface area contributed by atoms with Crippen molar-refractivity contribution in [2.24, 2.45) is 0 Å². The number of nitriles is 1. The lowest BCUT2D eigenvalue weighted by molar-refractivity contribution is -0.144. The summed E-state index contributed by atoms with van der Waals surface area (Å²) in [7, 11) is 0. The average Bonchev–Trinajstić information content (AvgIpc) is 2.89. The van der Waals surface area contributed by atoms with Crippen molar-refractivity contribution in [1.82, 2.24) is 4.90 Å². The molecule has 2 heterocycles. The van der Waals surface area contributed by atoms with E-state index in [1.165, 1.54) is 0 Å². The topological polar surface area (TPSA) is 93.8 Å². The molecule has 1 amide bonds. The van der Waals surface area contributed by atoms with Gasteiger partial charge in [-0.1, -0.05) is 0 Å². The first kappa shape index (κ1) is 15.8. The normalized spacial score (nSPS) is 28.9. The van der Waals surface area contributed by atoms with Crippen molar-refractivity contribution in [3.63, 3.8) is 0 Å². The third kappa shape index (κ3) is 2.46. The van der Waals surface area contributed by atoms with Crippen LogP contribution in [0.1, 0.15) is 43.9 Å². The Hall–Kier alpha value is -2.10. The number of nitrogens with zero attached hydrogens (tertiary/aromatic N) is 2. The van der Waals surface area contributed by atoms with Crippen LogP contribution in [0.2, 0.25) is 0 Å². The molecule has 1 aromatic rings. The number of carbonyl (C=O) groups is 1. The number of fused-ring (bicyclic) bond motifs is 1. The zero-order valence-electron chi connectivity index (χ0n) is 13.2. The van der Waals surface area contributed by atoms with Gasteiger partial charge in [0, 0.05) is 12.0 Å². The van der Waals surface area contributed by atoms with E-state index in [-0.39, 0.29) is 18.6 Å². The highest BCUT2D eigenvalue weighted by molar-refractivity contribution is 5.79. The second-order valence-corrected chi connectivity index (χ2v) is 6.64. The first-order chi connectivity index (χ1) is 10.9. The van der Waals surface area contributed by atoms with Gasteiger partial charge in [-0.3, -0.25) is 4.79 Å². The fourth-order valence-electron chi connectivity index (χ4n) is 3.46. The van der Waals surface area contributed by atoms with Gasteiger partial charge in [-0.2, -0.15) is 5.26 Å². The van der Waals surface area contributed by atoms with E-state index in [2.05, 4.69) is 6.07 Å². The number of rotatable bonds is 2. The second kappa shape index (κ2) is 5.52. The van der Waals surface area contributed by atoms with E-state index in [1.54, 1.807) is 36.9 Å². The van der Waals surface area contributed by atoms with E-state index in [1.807, 2.05) is 0 Å². The molecule has 0 saturated carbocycles.